The molecule has 2 aromatic rings. The van der Waals surface area contributed by atoms with Gasteiger partial charge in [-0.25, -0.2) is 4.98 Å². The summed E-state index contributed by atoms with van der Waals surface area (Å²) in [5.41, 5.74) is 0.328. The Kier molecular flexibility index (Phi) is 5.10. The number of carbonyl (C=O) groups excluding carboxylic acids is 1. The van der Waals surface area contributed by atoms with Gasteiger partial charge in [-0.1, -0.05) is 0 Å². The number of aromatic nitrogens is 2. The Labute approximate surface area is 129 Å². The second-order valence-corrected chi connectivity index (χ2v) is 5.07. The fourth-order valence-electron chi connectivity index (χ4n) is 1.74. The molecule has 0 aliphatic carbocycles. The van der Waals surface area contributed by atoms with E-state index in [-0.39, 0.29) is 11.5 Å². The van der Waals surface area contributed by atoms with E-state index in [1.807, 2.05) is 0 Å². The summed E-state index contributed by atoms with van der Waals surface area (Å²) in [7, 11) is 1.54. The number of rotatable bonds is 5. The summed E-state index contributed by atoms with van der Waals surface area (Å²) in [5, 5.41) is 2.75. The molecule has 1 aromatic carbocycles. The second kappa shape index (κ2) is 7.03. The zero-order valence-electron chi connectivity index (χ0n) is 11.4. The van der Waals surface area contributed by atoms with Crippen molar-refractivity contribution in [3.63, 3.8) is 0 Å². The van der Waals surface area contributed by atoms with E-state index < -0.39 is 0 Å². The minimum absolute atomic E-state index is 0.151. The molecule has 0 radical (unpaired) electrons. The predicted octanol–water partition coefficient (Wildman–Crippen LogP) is 1.44. The van der Waals surface area contributed by atoms with Gasteiger partial charge in [-0.2, -0.15) is 0 Å². The average molecular weight is 352 g/mol. The van der Waals surface area contributed by atoms with Crippen LogP contribution in [0.15, 0.2) is 46.1 Å². The number of methoxy groups -OCH3 is 1. The molecule has 0 saturated heterocycles. The summed E-state index contributed by atoms with van der Waals surface area (Å²) in [6, 6.07) is 6.53. The monoisotopic (exact) mass is 351 g/mol. The number of amides is 1. The van der Waals surface area contributed by atoms with Crippen molar-refractivity contribution in [1.29, 1.82) is 0 Å². The minimum atomic E-state index is -0.238. The molecule has 0 bridgehead atoms. The zero-order valence-corrected chi connectivity index (χ0v) is 13.0. The SMILES string of the molecule is COc1ccc(Br)c(C(=O)NCCn2cnccc2=O)c1. The third-order valence-corrected chi connectivity index (χ3v) is 3.54. The number of benzene rings is 1. The van der Waals surface area contributed by atoms with Gasteiger partial charge < -0.3 is 10.1 Å². The van der Waals surface area contributed by atoms with E-state index in [9.17, 15) is 9.59 Å². The molecule has 0 fully saturated rings. The van der Waals surface area contributed by atoms with Crippen LogP contribution in [-0.2, 0) is 6.54 Å². The molecule has 0 spiro atoms. The molecular formula is C14H14BrN3O3. The van der Waals surface area contributed by atoms with Crippen molar-refractivity contribution in [3.05, 3.63) is 57.2 Å². The first-order valence-electron chi connectivity index (χ1n) is 6.24. The van der Waals surface area contributed by atoms with Gasteiger partial charge in [-0.3, -0.25) is 14.2 Å². The summed E-state index contributed by atoms with van der Waals surface area (Å²) >= 11 is 3.33. The number of carbonyl (C=O) groups is 1. The van der Waals surface area contributed by atoms with Crippen molar-refractivity contribution in [2.75, 3.05) is 13.7 Å². The third-order valence-electron chi connectivity index (χ3n) is 2.85. The van der Waals surface area contributed by atoms with Crippen LogP contribution in [0.4, 0.5) is 0 Å². The van der Waals surface area contributed by atoms with Gasteiger partial charge in [0.1, 0.15) is 5.75 Å². The molecule has 0 aliphatic heterocycles. The summed E-state index contributed by atoms with van der Waals surface area (Å²) < 4.78 is 7.21. The highest BCUT2D eigenvalue weighted by Crippen LogP contribution is 2.22. The fourth-order valence-corrected chi connectivity index (χ4v) is 2.16. The number of hydrogen-bond donors (Lipinski definition) is 1. The molecule has 21 heavy (non-hydrogen) atoms. The zero-order chi connectivity index (χ0) is 15.2. The van der Waals surface area contributed by atoms with Crippen molar-refractivity contribution < 1.29 is 9.53 Å². The highest BCUT2D eigenvalue weighted by Gasteiger charge is 2.10. The number of nitrogens with one attached hydrogen (secondary N) is 1. The number of hydrogen-bond acceptors (Lipinski definition) is 4. The first-order chi connectivity index (χ1) is 10.1. The van der Waals surface area contributed by atoms with Gasteiger partial charge in [-0.05, 0) is 34.1 Å². The van der Waals surface area contributed by atoms with Crippen LogP contribution in [0.25, 0.3) is 0 Å². The van der Waals surface area contributed by atoms with Crippen molar-refractivity contribution in [1.82, 2.24) is 14.9 Å². The molecule has 2 rings (SSSR count). The van der Waals surface area contributed by atoms with E-state index >= 15 is 0 Å². The second-order valence-electron chi connectivity index (χ2n) is 4.21. The Morgan fingerprint density at radius 2 is 2.24 bits per heavy atom. The smallest absolute Gasteiger partial charge is 0.253 e. The third kappa shape index (κ3) is 3.91. The van der Waals surface area contributed by atoms with Crippen LogP contribution in [-0.4, -0.2) is 29.1 Å². The lowest BCUT2D eigenvalue weighted by molar-refractivity contribution is 0.0951. The van der Waals surface area contributed by atoms with Crippen LogP contribution in [0.2, 0.25) is 0 Å². The molecule has 1 N–H and O–H groups in total. The molecule has 0 unspecified atom stereocenters. The summed E-state index contributed by atoms with van der Waals surface area (Å²) in [4.78, 5) is 27.5. The van der Waals surface area contributed by atoms with Crippen molar-refractivity contribution in [2.24, 2.45) is 0 Å². The minimum Gasteiger partial charge on any atom is -0.497 e. The molecule has 6 nitrogen and oxygen atoms in total. The van der Waals surface area contributed by atoms with Gasteiger partial charge in [0.15, 0.2) is 0 Å². The average Bonchev–Trinajstić information content (AvgIpc) is 2.49. The normalized spacial score (nSPS) is 10.2. The summed E-state index contributed by atoms with van der Waals surface area (Å²) in [6.07, 6.45) is 2.88. The first-order valence-corrected chi connectivity index (χ1v) is 7.03. The van der Waals surface area contributed by atoms with E-state index in [1.165, 1.54) is 23.2 Å². The number of ether oxygens (including phenoxy) is 1. The van der Waals surface area contributed by atoms with E-state index in [2.05, 4.69) is 26.2 Å². The Morgan fingerprint density at radius 1 is 1.43 bits per heavy atom. The van der Waals surface area contributed by atoms with Gasteiger partial charge in [0.05, 0.1) is 19.0 Å². The highest BCUT2D eigenvalue weighted by atomic mass is 79.9. The van der Waals surface area contributed by atoms with Crippen LogP contribution in [0.3, 0.4) is 0 Å². The molecular weight excluding hydrogens is 338 g/mol. The summed E-state index contributed by atoms with van der Waals surface area (Å²) in [6.45, 7) is 0.689. The largest absolute Gasteiger partial charge is 0.497 e. The van der Waals surface area contributed by atoms with Crippen molar-refractivity contribution in [3.8, 4) is 5.75 Å². The van der Waals surface area contributed by atoms with Gasteiger partial charge >= 0.3 is 0 Å². The van der Waals surface area contributed by atoms with Crippen LogP contribution in [0.1, 0.15) is 10.4 Å². The van der Waals surface area contributed by atoms with Crippen LogP contribution in [0.5, 0.6) is 5.75 Å². The topological polar surface area (TPSA) is 73.2 Å². The maximum atomic E-state index is 12.1. The van der Waals surface area contributed by atoms with E-state index in [0.29, 0.717) is 28.9 Å². The Morgan fingerprint density at radius 3 is 2.95 bits per heavy atom. The molecule has 0 saturated carbocycles. The van der Waals surface area contributed by atoms with E-state index in [1.54, 1.807) is 25.3 Å². The lowest BCUT2D eigenvalue weighted by atomic mass is 10.2. The highest BCUT2D eigenvalue weighted by molar-refractivity contribution is 9.10. The molecule has 1 amide bonds. The quantitative estimate of drug-likeness (QED) is 0.884. The van der Waals surface area contributed by atoms with Gasteiger partial charge in [0.25, 0.3) is 11.5 Å². The molecule has 7 heteroatoms. The molecule has 0 atom stereocenters. The maximum absolute atomic E-state index is 12.1. The lowest BCUT2D eigenvalue weighted by Crippen LogP contribution is -2.30. The molecule has 1 aromatic heterocycles. The summed E-state index contributed by atoms with van der Waals surface area (Å²) in [5.74, 6) is 0.365. The Hall–Kier alpha value is -2.15. The van der Waals surface area contributed by atoms with Gasteiger partial charge in [0, 0.05) is 29.8 Å². The van der Waals surface area contributed by atoms with Gasteiger partial charge in [-0.15, -0.1) is 0 Å². The van der Waals surface area contributed by atoms with E-state index in [0.717, 1.165) is 0 Å². The fraction of sp³-hybridized carbons (Fsp3) is 0.214. The first kappa shape index (κ1) is 15.2. The number of halogens is 1. The van der Waals surface area contributed by atoms with Crippen molar-refractivity contribution in [2.45, 2.75) is 6.54 Å². The lowest BCUT2D eigenvalue weighted by Gasteiger charge is -2.09. The van der Waals surface area contributed by atoms with Crippen molar-refractivity contribution >= 4 is 21.8 Å². The van der Waals surface area contributed by atoms with Crippen LogP contribution in [0, 0.1) is 0 Å². The Balaban J connectivity index is 1.99. The van der Waals surface area contributed by atoms with Crippen LogP contribution < -0.4 is 15.6 Å². The van der Waals surface area contributed by atoms with Gasteiger partial charge in [0.2, 0.25) is 0 Å². The Bertz CT molecular complexity index is 700. The standard InChI is InChI=1S/C14H14BrN3O3/c1-21-10-2-3-12(15)11(8-10)14(20)17-6-7-18-9-16-5-4-13(18)19/h2-5,8-9H,6-7H2,1H3,(H,17,20). The predicted molar refractivity (Wildman–Crippen MR) is 81.5 cm³/mol. The van der Waals surface area contributed by atoms with Crippen LogP contribution >= 0.6 is 15.9 Å². The maximum Gasteiger partial charge on any atom is 0.253 e. The van der Waals surface area contributed by atoms with E-state index in [4.69, 9.17) is 4.74 Å². The molecule has 0 aliphatic rings. The number of nitrogens with zero attached hydrogens (tertiary/aromatic N) is 2. The molecule has 110 valence electrons. The molecule has 1 heterocycles.